The number of aromatic hydroxyl groups is 1. The smallest absolute Gasteiger partial charge is 0.179 e. The molecule has 0 aliphatic carbocycles. The molecule has 2 rings (SSSR count). The molecule has 0 spiro atoms. The first-order valence-electron chi connectivity index (χ1n) is 4.57. The van der Waals surface area contributed by atoms with Crippen molar-refractivity contribution >= 4 is 39.7 Å². The molecule has 0 radical (unpaired) electrons. The summed E-state index contributed by atoms with van der Waals surface area (Å²) >= 11 is 4.48. The molecular formula is C11H10BrClFNOS. The Kier molecular flexibility index (Phi) is 4.94. The van der Waals surface area contributed by atoms with E-state index in [9.17, 15) is 9.50 Å². The number of hydrogen-bond acceptors (Lipinski definition) is 3. The maximum Gasteiger partial charge on any atom is 0.179 e. The summed E-state index contributed by atoms with van der Waals surface area (Å²) in [5.41, 5.74) is 6.34. The summed E-state index contributed by atoms with van der Waals surface area (Å²) in [7, 11) is 0. The van der Waals surface area contributed by atoms with E-state index in [0.29, 0.717) is 5.56 Å². The quantitative estimate of drug-likeness (QED) is 0.874. The summed E-state index contributed by atoms with van der Waals surface area (Å²) in [4.78, 5) is 0.886. The number of phenolic OH excluding ortho intramolecular Hbond substituents is 1. The fourth-order valence-electron chi connectivity index (χ4n) is 1.43. The van der Waals surface area contributed by atoms with Crippen LogP contribution in [0.25, 0.3) is 0 Å². The summed E-state index contributed by atoms with van der Waals surface area (Å²) in [6.07, 6.45) is 0. The fourth-order valence-corrected chi connectivity index (χ4v) is 2.49. The molecular weight excluding hydrogens is 329 g/mol. The van der Waals surface area contributed by atoms with Gasteiger partial charge in [-0.3, -0.25) is 0 Å². The van der Waals surface area contributed by atoms with Gasteiger partial charge in [0.05, 0.1) is 10.5 Å². The minimum absolute atomic E-state index is 0. The first kappa shape index (κ1) is 14.4. The molecule has 0 amide bonds. The minimum Gasteiger partial charge on any atom is -0.505 e. The maximum atomic E-state index is 13.4. The van der Waals surface area contributed by atoms with E-state index in [1.165, 1.54) is 17.4 Å². The Balaban J connectivity index is 0.00000144. The van der Waals surface area contributed by atoms with Crippen LogP contribution in [0.4, 0.5) is 4.39 Å². The Hall–Kier alpha value is -0.620. The van der Waals surface area contributed by atoms with Crippen molar-refractivity contribution in [3.63, 3.8) is 0 Å². The van der Waals surface area contributed by atoms with Crippen LogP contribution in [0.2, 0.25) is 0 Å². The van der Waals surface area contributed by atoms with Crippen LogP contribution in [0, 0.1) is 5.82 Å². The van der Waals surface area contributed by atoms with E-state index in [1.807, 2.05) is 17.5 Å². The van der Waals surface area contributed by atoms with E-state index >= 15 is 0 Å². The zero-order chi connectivity index (χ0) is 11.7. The van der Waals surface area contributed by atoms with Gasteiger partial charge in [0.2, 0.25) is 0 Å². The van der Waals surface area contributed by atoms with Gasteiger partial charge in [-0.15, -0.1) is 23.7 Å². The summed E-state index contributed by atoms with van der Waals surface area (Å²) in [5, 5.41) is 11.6. The van der Waals surface area contributed by atoms with Crippen molar-refractivity contribution in [1.29, 1.82) is 0 Å². The van der Waals surface area contributed by atoms with Crippen LogP contribution in [0.1, 0.15) is 16.5 Å². The minimum atomic E-state index is -0.676. The molecule has 0 aliphatic rings. The number of nitrogens with two attached hydrogens (primary N) is 1. The van der Waals surface area contributed by atoms with Gasteiger partial charge in [0.1, 0.15) is 0 Å². The van der Waals surface area contributed by atoms with Gasteiger partial charge in [0.25, 0.3) is 0 Å². The summed E-state index contributed by atoms with van der Waals surface area (Å²) < 4.78 is 13.7. The first-order chi connectivity index (χ1) is 7.61. The van der Waals surface area contributed by atoms with Crippen molar-refractivity contribution in [1.82, 2.24) is 0 Å². The molecule has 17 heavy (non-hydrogen) atoms. The van der Waals surface area contributed by atoms with Crippen LogP contribution < -0.4 is 5.73 Å². The molecule has 0 bridgehead atoms. The van der Waals surface area contributed by atoms with E-state index in [0.717, 1.165) is 4.88 Å². The van der Waals surface area contributed by atoms with Crippen LogP contribution in [0.15, 0.2) is 34.1 Å². The zero-order valence-corrected chi connectivity index (χ0v) is 11.8. The molecule has 2 nitrogen and oxygen atoms in total. The predicted molar refractivity (Wildman–Crippen MR) is 73.4 cm³/mol. The highest BCUT2D eigenvalue weighted by atomic mass is 79.9. The van der Waals surface area contributed by atoms with Crippen LogP contribution in [0.5, 0.6) is 5.75 Å². The highest BCUT2D eigenvalue weighted by Crippen LogP contribution is 2.34. The summed E-state index contributed by atoms with van der Waals surface area (Å²) in [6, 6.07) is 6.38. The van der Waals surface area contributed by atoms with Gasteiger partial charge < -0.3 is 10.8 Å². The largest absolute Gasteiger partial charge is 0.505 e. The molecule has 0 saturated heterocycles. The summed E-state index contributed by atoms with van der Waals surface area (Å²) in [5.74, 6) is -1.07. The second-order valence-corrected chi connectivity index (χ2v) is 5.13. The molecule has 1 aromatic carbocycles. The third kappa shape index (κ3) is 2.80. The molecule has 1 atom stereocenters. The van der Waals surface area contributed by atoms with Crippen molar-refractivity contribution < 1.29 is 9.50 Å². The highest BCUT2D eigenvalue weighted by molar-refractivity contribution is 9.10. The van der Waals surface area contributed by atoms with Crippen molar-refractivity contribution in [3.05, 3.63) is 50.4 Å². The standard InChI is InChI=1S/C11H9BrFNOS.ClH/c12-7-4-3-6(11(15)9(7)13)10(14)8-2-1-5-16-8;/h1-5,10,15H,14H2;1H/t10-;/m1./s1. The van der Waals surface area contributed by atoms with Gasteiger partial charge in [0, 0.05) is 10.4 Å². The molecule has 1 aromatic heterocycles. The zero-order valence-electron chi connectivity index (χ0n) is 8.56. The van der Waals surface area contributed by atoms with E-state index in [-0.39, 0.29) is 16.9 Å². The number of phenols is 1. The number of halogens is 3. The van der Waals surface area contributed by atoms with Gasteiger partial charge in [-0.25, -0.2) is 4.39 Å². The van der Waals surface area contributed by atoms with Gasteiger partial charge in [-0.1, -0.05) is 12.1 Å². The second-order valence-electron chi connectivity index (χ2n) is 3.29. The Morgan fingerprint density at radius 3 is 2.65 bits per heavy atom. The molecule has 0 saturated carbocycles. The second kappa shape index (κ2) is 5.82. The molecule has 0 fully saturated rings. The molecule has 1 heterocycles. The maximum absolute atomic E-state index is 13.4. The average molecular weight is 339 g/mol. The van der Waals surface area contributed by atoms with Gasteiger partial charge in [-0.05, 0) is 33.4 Å². The number of benzene rings is 1. The number of thiophene rings is 1. The Bertz CT molecular complexity index is 506. The first-order valence-corrected chi connectivity index (χ1v) is 6.24. The van der Waals surface area contributed by atoms with Crippen LogP contribution in [-0.4, -0.2) is 5.11 Å². The lowest BCUT2D eigenvalue weighted by atomic mass is 10.1. The average Bonchev–Trinajstić information content (AvgIpc) is 2.79. The molecule has 0 aliphatic heterocycles. The van der Waals surface area contributed by atoms with Gasteiger partial charge >= 0.3 is 0 Å². The monoisotopic (exact) mass is 337 g/mol. The fraction of sp³-hybridized carbons (Fsp3) is 0.0909. The van der Waals surface area contributed by atoms with E-state index < -0.39 is 17.6 Å². The van der Waals surface area contributed by atoms with E-state index in [4.69, 9.17) is 5.73 Å². The topological polar surface area (TPSA) is 46.2 Å². The SMILES string of the molecule is Cl.N[C@@H](c1cccs1)c1ccc(Br)c(F)c1O. The lowest BCUT2D eigenvalue weighted by Gasteiger charge is -2.12. The Labute approximate surface area is 117 Å². The van der Waals surface area contributed by atoms with Crippen LogP contribution in [-0.2, 0) is 0 Å². The van der Waals surface area contributed by atoms with Crippen LogP contribution in [0.3, 0.4) is 0 Å². The predicted octanol–water partition coefficient (Wildman–Crippen LogP) is 3.83. The van der Waals surface area contributed by atoms with Crippen molar-refractivity contribution in [2.75, 3.05) is 0 Å². The molecule has 6 heteroatoms. The summed E-state index contributed by atoms with van der Waals surface area (Å²) in [6.45, 7) is 0. The van der Waals surface area contributed by atoms with Gasteiger partial charge in [0.15, 0.2) is 11.6 Å². The Morgan fingerprint density at radius 2 is 2.06 bits per heavy atom. The lowest BCUT2D eigenvalue weighted by molar-refractivity contribution is 0.422. The third-order valence-electron chi connectivity index (χ3n) is 2.29. The van der Waals surface area contributed by atoms with Crippen molar-refractivity contribution in [2.45, 2.75) is 6.04 Å². The van der Waals surface area contributed by atoms with Gasteiger partial charge in [-0.2, -0.15) is 0 Å². The molecule has 2 aromatic rings. The van der Waals surface area contributed by atoms with Crippen LogP contribution >= 0.6 is 39.7 Å². The van der Waals surface area contributed by atoms with E-state index in [1.54, 1.807) is 6.07 Å². The van der Waals surface area contributed by atoms with E-state index in [2.05, 4.69) is 15.9 Å². The Morgan fingerprint density at radius 1 is 1.35 bits per heavy atom. The normalized spacial score (nSPS) is 11.9. The lowest BCUT2D eigenvalue weighted by Crippen LogP contribution is -2.10. The molecule has 92 valence electrons. The number of rotatable bonds is 2. The van der Waals surface area contributed by atoms with Crippen molar-refractivity contribution in [3.8, 4) is 5.75 Å². The van der Waals surface area contributed by atoms with Crippen molar-refractivity contribution in [2.24, 2.45) is 5.73 Å². The highest BCUT2D eigenvalue weighted by Gasteiger charge is 2.18. The third-order valence-corrected chi connectivity index (χ3v) is 3.85. The molecule has 0 unspecified atom stereocenters. The molecule has 3 N–H and O–H groups in total. The number of hydrogen-bond donors (Lipinski definition) is 2.